The number of hydrogen-bond acceptors (Lipinski definition) is 0. The summed E-state index contributed by atoms with van der Waals surface area (Å²) >= 11 is 0. The van der Waals surface area contributed by atoms with E-state index in [4.69, 9.17) is 0 Å². The van der Waals surface area contributed by atoms with Gasteiger partial charge >= 0.3 is 0 Å². The molecule has 0 N–H and O–H groups in total. The molecule has 0 saturated carbocycles. The molecule has 0 aliphatic heterocycles. The van der Waals surface area contributed by atoms with E-state index < -0.39 is 0 Å². The van der Waals surface area contributed by atoms with Crippen molar-refractivity contribution in [2.45, 2.75) is 33.1 Å². The van der Waals surface area contributed by atoms with E-state index in [1.54, 1.807) is 0 Å². The molecule has 0 radical (unpaired) electrons. The van der Waals surface area contributed by atoms with Gasteiger partial charge in [0.1, 0.15) is 0 Å². The first-order chi connectivity index (χ1) is 11.1. The van der Waals surface area contributed by atoms with Crippen LogP contribution in [0, 0.1) is 0 Å². The van der Waals surface area contributed by atoms with Crippen molar-refractivity contribution in [2.24, 2.45) is 0 Å². The molecule has 1 unspecified atom stereocenters. The van der Waals surface area contributed by atoms with Crippen LogP contribution >= 0.6 is 0 Å². The van der Waals surface area contributed by atoms with Gasteiger partial charge in [0.2, 0.25) is 0 Å². The monoisotopic (exact) mass is 300 g/mol. The first-order valence-electron chi connectivity index (χ1n) is 8.35. The predicted molar refractivity (Wildman–Crippen MR) is 101 cm³/mol. The lowest BCUT2D eigenvalue weighted by molar-refractivity contribution is 0.931. The summed E-state index contributed by atoms with van der Waals surface area (Å²) in [5.41, 5.74) is 9.34. The largest absolute Gasteiger partial charge is 0.0959 e. The highest BCUT2D eigenvalue weighted by molar-refractivity contribution is 5.82. The highest BCUT2D eigenvalue weighted by atomic mass is 14.3. The van der Waals surface area contributed by atoms with Crippen LogP contribution in [-0.2, 0) is 0 Å². The summed E-state index contributed by atoms with van der Waals surface area (Å²) in [6, 6.07) is 17.4. The van der Waals surface area contributed by atoms with E-state index in [0.717, 1.165) is 12.0 Å². The number of benzene rings is 2. The molecule has 1 aliphatic carbocycles. The summed E-state index contributed by atoms with van der Waals surface area (Å²) in [4.78, 5) is 0. The minimum Gasteiger partial charge on any atom is -0.0959 e. The third kappa shape index (κ3) is 2.94. The Morgan fingerprint density at radius 3 is 2.43 bits per heavy atom. The van der Waals surface area contributed by atoms with Crippen LogP contribution in [0.1, 0.15) is 44.2 Å². The van der Waals surface area contributed by atoms with Crippen LogP contribution in [0.15, 0.2) is 77.9 Å². The SMILES string of the molecule is C=C(C)C(C)=CC1C(CC)=Cc2c(-c3ccccc3)cccc21. The zero-order chi connectivity index (χ0) is 16.4. The Balaban J connectivity index is 2.13. The average Bonchev–Trinajstić information content (AvgIpc) is 2.93. The van der Waals surface area contributed by atoms with E-state index in [0.29, 0.717) is 5.92 Å². The minimum absolute atomic E-state index is 0.385. The molecule has 2 aromatic carbocycles. The zero-order valence-corrected chi connectivity index (χ0v) is 14.3. The molecule has 1 atom stereocenters. The van der Waals surface area contributed by atoms with Gasteiger partial charge in [-0.1, -0.05) is 90.9 Å². The highest BCUT2D eigenvalue weighted by Crippen LogP contribution is 2.43. The maximum atomic E-state index is 4.08. The second kappa shape index (κ2) is 6.42. The molecule has 23 heavy (non-hydrogen) atoms. The van der Waals surface area contributed by atoms with Crippen LogP contribution < -0.4 is 0 Å². The van der Waals surface area contributed by atoms with Crippen molar-refractivity contribution in [3.8, 4) is 11.1 Å². The lowest BCUT2D eigenvalue weighted by Gasteiger charge is -2.15. The van der Waals surface area contributed by atoms with Gasteiger partial charge in [-0.25, -0.2) is 0 Å². The van der Waals surface area contributed by atoms with Crippen molar-refractivity contribution in [1.82, 2.24) is 0 Å². The van der Waals surface area contributed by atoms with Gasteiger partial charge in [-0.15, -0.1) is 0 Å². The van der Waals surface area contributed by atoms with Crippen molar-refractivity contribution in [3.05, 3.63) is 89.0 Å². The summed E-state index contributed by atoms with van der Waals surface area (Å²) in [5, 5.41) is 0. The first-order valence-corrected chi connectivity index (χ1v) is 8.35. The van der Waals surface area contributed by atoms with Gasteiger partial charge in [-0.3, -0.25) is 0 Å². The fraction of sp³-hybridized carbons (Fsp3) is 0.217. The lowest BCUT2D eigenvalue weighted by atomic mass is 9.89. The number of hydrogen-bond donors (Lipinski definition) is 0. The third-order valence-corrected chi connectivity index (χ3v) is 4.79. The van der Waals surface area contributed by atoms with Gasteiger partial charge in [0, 0.05) is 5.92 Å². The Labute approximate surface area is 139 Å². The summed E-state index contributed by atoms with van der Waals surface area (Å²) in [6.45, 7) is 10.6. The molecule has 3 rings (SSSR count). The first kappa shape index (κ1) is 15.6. The second-order valence-corrected chi connectivity index (χ2v) is 6.35. The Morgan fingerprint density at radius 1 is 1.04 bits per heavy atom. The molecule has 0 bridgehead atoms. The van der Waals surface area contributed by atoms with Crippen molar-refractivity contribution < 1.29 is 0 Å². The summed E-state index contributed by atoms with van der Waals surface area (Å²) in [5.74, 6) is 0.385. The van der Waals surface area contributed by atoms with Crippen molar-refractivity contribution in [3.63, 3.8) is 0 Å². The second-order valence-electron chi connectivity index (χ2n) is 6.35. The molecule has 0 fully saturated rings. The van der Waals surface area contributed by atoms with Crippen molar-refractivity contribution in [2.75, 3.05) is 0 Å². The standard InChI is InChI=1S/C23H24/c1-5-18-15-23-20(19-10-7-6-8-11-19)12-9-13-21(23)22(18)14-17(4)16(2)3/h6-15,22H,2,5H2,1,3-4H3. The summed E-state index contributed by atoms with van der Waals surface area (Å²) < 4.78 is 0. The van der Waals surface area contributed by atoms with E-state index in [-0.39, 0.29) is 0 Å². The van der Waals surface area contributed by atoms with E-state index >= 15 is 0 Å². The average molecular weight is 300 g/mol. The predicted octanol–water partition coefficient (Wildman–Crippen LogP) is 6.77. The lowest BCUT2D eigenvalue weighted by Crippen LogP contribution is -1.97. The minimum atomic E-state index is 0.385. The molecule has 0 aromatic heterocycles. The van der Waals surface area contributed by atoms with Gasteiger partial charge in [0.05, 0.1) is 0 Å². The van der Waals surface area contributed by atoms with Crippen LogP contribution in [0.2, 0.25) is 0 Å². The normalized spacial score (nSPS) is 16.9. The maximum Gasteiger partial charge on any atom is 0.0243 e. The topological polar surface area (TPSA) is 0 Å². The van der Waals surface area contributed by atoms with E-state index in [1.807, 2.05) is 0 Å². The van der Waals surface area contributed by atoms with Gasteiger partial charge in [0.15, 0.2) is 0 Å². The van der Waals surface area contributed by atoms with E-state index in [2.05, 4.69) is 88.0 Å². The van der Waals surface area contributed by atoms with E-state index in [1.165, 1.54) is 33.4 Å². The Kier molecular flexibility index (Phi) is 4.34. The fourth-order valence-corrected chi connectivity index (χ4v) is 3.27. The number of allylic oxidation sites excluding steroid dienone is 4. The molecule has 0 spiro atoms. The fourth-order valence-electron chi connectivity index (χ4n) is 3.27. The number of fused-ring (bicyclic) bond motifs is 1. The van der Waals surface area contributed by atoms with Crippen LogP contribution in [0.25, 0.3) is 17.2 Å². The van der Waals surface area contributed by atoms with Gasteiger partial charge < -0.3 is 0 Å². The molecule has 0 nitrogen and oxygen atoms in total. The molecule has 2 aromatic rings. The molecule has 0 amide bonds. The molecular weight excluding hydrogens is 276 g/mol. The van der Waals surface area contributed by atoms with Crippen LogP contribution in [0.4, 0.5) is 0 Å². The molecule has 0 heterocycles. The highest BCUT2D eigenvalue weighted by Gasteiger charge is 2.24. The quantitative estimate of drug-likeness (QED) is 0.547. The Hall–Kier alpha value is -2.34. The van der Waals surface area contributed by atoms with Crippen LogP contribution in [0.5, 0.6) is 0 Å². The summed E-state index contributed by atoms with van der Waals surface area (Å²) in [6.07, 6.45) is 5.84. The Morgan fingerprint density at radius 2 is 1.78 bits per heavy atom. The van der Waals surface area contributed by atoms with Crippen molar-refractivity contribution >= 4 is 6.08 Å². The summed E-state index contributed by atoms with van der Waals surface area (Å²) in [7, 11) is 0. The van der Waals surface area contributed by atoms with Crippen molar-refractivity contribution in [1.29, 1.82) is 0 Å². The Bertz CT molecular complexity index is 788. The third-order valence-electron chi connectivity index (χ3n) is 4.79. The van der Waals surface area contributed by atoms with Crippen LogP contribution in [0.3, 0.4) is 0 Å². The van der Waals surface area contributed by atoms with Gasteiger partial charge in [0.25, 0.3) is 0 Å². The van der Waals surface area contributed by atoms with Gasteiger partial charge in [-0.05, 0) is 42.5 Å². The molecular formula is C23H24. The smallest absolute Gasteiger partial charge is 0.0243 e. The molecule has 116 valence electrons. The molecule has 1 aliphatic rings. The van der Waals surface area contributed by atoms with Gasteiger partial charge in [-0.2, -0.15) is 0 Å². The number of rotatable bonds is 4. The molecule has 0 saturated heterocycles. The maximum absolute atomic E-state index is 4.08. The zero-order valence-electron chi connectivity index (χ0n) is 14.3. The van der Waals surface area contributed by atoms with E-state index in [9.17, 15) is 0 Å². The molecule has 0 heteroatoms. The van der Waals surface area contributed by atoms with Crippen LogP contribution in [-0.4, -0.2) is 0 Å².